The van der Waals surface area contributed by atoms with E-state index in [1.807, 2.05) is 0 Å². The third kappa shape index (κ3) is 4.23. The van der Waals surface area contributed by atoms with Crippen molar-refractivity contribution in [1.82, 2.24) is 5.32 Å². The summed E-state index contributed by atoms with van der Waals surface area (Å²) in [6.45, 7) is -0.611. The molecule has 1 heterocycles. The summed E-state index contributed by atoms with van der Waals surface area (Å²) in [6, 6.07) is 3.61. The van der Waals surface area contributed by atoms with Gasteiger partial charge < -0.3 is 14.7 Å². The van der Waals surface area contributed by atoms with Gasteiger partial charge in [0, 0.05) is 5.75 Å². The number of nitro benzene ring substituents is 1. The molecule has 1 saturated heterocycles. The number of carboxylic acids is 1. The Bertz CT molecular complexity index is 655. The van der Waals surface area contributed by atoms with Crippen LogP contribution in [0.1, 0.15) is 10.9 Å². The molecule has 0 saturated carbocycles. The summed E-state index contributed by atoms with van der Waals surface area (Å²) in [7, 11) is 0. The number of aliphatic carboxylic acids is 1. The lowest BCUT2D eigenvalue weighted by Gasteiger charge is -2.14. The second-order valence-corrected chi connectivity index (χ2v) is 5.77. The Balaban J connectivity index is 2.17. The predicted octanol–water partition coefficient (Wildman–Crippen LogP) is 0.970. The van der Waals surface area contributed by atoms with Crippen molar-refractivity contribution in [2.75, 3.05) is 19.0 Å². The lowest BCUT2D eigenvalue weighted by atomic mass is 10.1. The molecule has 2 unspecified atom stereocenters. The number of nitrogens with one attached hydrogen (secondary N) is 1. The summed E-state index contributed by atoms with van der Waals surface area (Å²) < 4.78 is 5.20. The molecule has 0 radical (unpaired) electrons. The van der Waals surface area contributed by atoms with Gasteiger partial charge in [0.05, 0.1) is 15.9 Å². The monoisotopic (exact) mass is 359 g/mol. The Morgan fingerprint density at radius 3 is 2.71 bits per heavy atom. The molecular formula is C12H13N3O8S. The number of thioether (sulfide) groups is 1. The third-order valence-corrected chi connectivity index (χ3v) is 4.36. The van der Waals surface area contributed by atoms with Crippen LogP contribution in [0.15, 0.2) is 18.2 Å². The second kappa shape index (κ2) is 7.79. The number of nitro groups is 1. The largest absolute Gasteiger partial charge is 0.485 e. The van der Waals surface area contributed by atoms with Gasteiger partial charge in [0.25, 0.3) is 5.09 Å². The third-order valence-electron chi connectivity index (χ3n) is 3.11. The maximum atomic E-state index is 11.4. The van der Waals surface area contributed by atoms with E-state index in [0.29, 0.717) is 0 Å². The second-order valence-electron chi connectivity index (χ2n) is 4.63. The van der Waals surface area contributed by atoms with Gasteiger partial charge >= 0.3 is 11.7 Å². The van der Waals surface area contributed by atoms with Gasteiger partial charge in [-0.25, -0.2) is 0 Å². The number of nitrogens with zero attached hydrogens (tertiary/aromatic N) is 2. The smallest absolute Gasteiger partial charge is 0.321 e. The molecule has 2 rings (SSSR count). The fourth-order valence-corrected chi connectivity index (χ4v) is 3.37. The lowest BCUT2D eigenvalue weighted by molar-refractivity contribution is -0.757. The van der Waals surface area contributed by atoms with Crippen molar-refractivity contribution in [3.8, 4) is 5.75 Å². The van der Waals surface area contributed by atoms with E-state index in [-0.39, 0.29) is 36.0 Å². The van der Waals surface area contributed by atoms with Gasteiger partial charge in [-0.15, -0.1) is 21.9 Å². The van der Waals surface area contributed by atoms with Crippen molar-refractivity contribution >= 4 is 23.4 Å². The van der Waals surface area contributed by atoms with E-state index < -0.39 is 27.4 Å². The van der Waals surface area contributed by atoms with E-state index in [0.717, 1.165) is 0 Å². The molecule has 1 aromatic carbocycles. The maximum absolute atomic E-state index is 11.4. The molecule has 0 aromatic heterocycles. The van der Waals surface area contributed by atoms with Gasteiger partial charge in [-0.2, -0.15) is 0 Å². The molecule has 1 aliphatic rings. The van der Waals surface area contributed by atoms with Gasteiger partial charge in [0.1, 0.15) is 19.3 Å². The normalized spacial score (nSPS) is 19.7. The highest BCUT2D eigenvalue weighted by atomic mass is 32.2. The average molecular weight is 359 g/mol. The van der Waals surface area contributed by atoms with Crippen LogP contribution in [0.5, 0.6) is 5.75 Å². The van der Waals surface area contributed by atoms with E-state index in [1.165, 1.54) is 30.0 Å². The zero-order valence-electron chi connectivity index (χ0n) is 12.1. The van der Waals surface area contributed by atoms with Crippen LogP contribution < -0.4 is 10.1 Å². The molecule has 24 heavy (non-hydrogen) atoms. The first-order valence-corrected chi connectivity index (χ1v) is 7.73. The molecule has 0 aliphatic carbocycles. The molecule has 1 aromatic rings. The standard InChI is InChI=1S/C12H13N3O8S/c16-12(17)8-6-24-11(13-8)7-2-1-3-9(10(7)14(18)19)22-4-5-23-15(20)21/h1-3,8,11,13H,4-6H2,(H,16,17). The molecule has 130 valence electrons. The van der Waals surface area contributed by atoms with Gasteiger partial charge in [-0.05, 0) is 12.1 Å². The Kier molecular flexibility index (Phi) is 5.76. The topological polar surface area (TPSA) is 154 Å². The number of hydrogen-bond acceptors (Lipinski definition) is 9. The summed E-state index contributed by atoms with van der Waals surface area (Å²) in [5, 5.41) is 31.7. The molecule has 0 bridgehead atoms. The molecule has 2 N–H and O–H groups in total. The zero-order valence-corrected chi connectivity index (χ0v) is 12.9. The Labute approximate surface area is 139 Å². The minimum atomic E-state index is -1.03. The zero-order chi connectivity index (χ0) is 17.7. The number of carboxylic acid groups (broad SMARTS) is 1. The number of ether oxygens (including phenoxy) is 1. The Hall–Kier alpha value is -2.60. The van der Waals surface area contributed by atoms with E-state index in [9.17, 15) is 25.0 Å². The first kappa shape index (κ1) is 17.7. The minimum Gasteiger partial charge on any atom is -0.485 e. The van der Waals surface area contributed by atoms with Crippen molar-refractivity contribution in [2.45, 2.75) is 11.4 Å². The van der Waals surface area contributed by atoms with E-state index >= 15 is 0 Å². The van der Waals surface area contributed by atoms with Gasteiger partial charge in [0.15, 0.2) is 5.75 Å². The molecule has 11 nitrogen and oxygen atoms in total. The summed E-state index contributed by atoms with van der Waals surface area (Å²) in [4.78, 5) is 35.9. The first-order valence-electron chi connectivity index (χ1n) is 6.68. The summed E-state index contributed by atoms with van der Waals surface area (Å²) in [5.74, 6) is -0.818. The van der Waals surface area contributed by atoms with E-state index in [1.54, 1.807) is 0 Å². The summed E-state index contributed by atoms with van der Waals surface area (Å²) in [5.41, 5.74) is -0.0314. The molecule has 1 aliphatic heterocycles. The summed E-state index contributed by atoms with van der Waals surface area (Å²) in [6.07, 6.45) is 0. The van der Waals surface area contributed by atoms with Crippen molar-refractivity contribution in [3.63, 3.8) is 0 Å². The number of carbonyl (C=O) groups is 1. The van der Waals surface area contributed by atoms with Crippen LogP contribution in [0.2, 0.25) is 0 Å². The quantitative estimate of drug-likeness (QED) is 0.389. The average Bonchev–Trinajstić information content (AvgIpc) is 3.01. The first-order chi connectivity index (χ1) is 11.4. The maximum Gasteiger partial charge on any atom is 0.321 e. The van der Waals surface area contributed by atoms with Crippen LogP contribution in [0.25, 0.3) is 0 Å². The molecule has 2 atom stereocenters. The molecule has 1 fully saturated rings. The number of benzene rings is 1. The molecule has 0 spiro atoms. The number of hydrogen-bond donors (Lipinski definition) is 2. The molecule has 0 amide bonds. The highest BCUT2D eigenvalue weighted by molar-refractivity contribution is 7.99. The fraction of sp³-hybridized carbons (Fsp3) is 0.417. The van der Waals surface area contributed by atoms with E-state index in [2.05, 4.69) is 10.2 Å². The van der Waals surface area contributed by atoms with Gasteiger partial charge in [-0.3, -0.25) is 20.2 Å². The molecule has 12 heteroatoms. The van der Waals surface area contributed by atoms with Crippen LogP contribution in [-0.2, 0) is 9.63 Å². The van der Waals surface area contributed by atoms with Crippen molar-refractivity contribution < 1.29 is 29.5 Å². The predicted molar refractivity (Wildman–Crippen MR) is 81.3 cm³/mol. The van der Waals surface area contributed by atoms with Crippen molar-refractivity contribution in [3.05, 3.63) is 44.0 Å². The van der Waals surface area contributed by atoms with Gasteiger partial charge in [-0.1, -0.05) is 6.07 Å². The number of para-hydroxylation sites is 1. The molecular weight excluding hydrogens is 346 g/mol. The SMILES string of the molecule is O=C(O)C1CSC(c2cccc(OCCO[N+](=O)[O-])c2[N+](=O)[O-])N1. The van der Waals surface area contributed by atoms with Crippen LogP contribution in [0, 0.1) is 20.2 Å². The number of rotatable bonds is 8. The summed E-state index contributed by atoms with van der Waals surface area (Å²) >= 11 is 1.24. The van der Waals surface area contributed by atoms with Crippen molar-refractivity contribution in [2.24, 2.45) is 0 Å². The van der Waals surface area contributed by atoms with Crippen molar-refractivity contribution in [1.29, 1.82) is 0 Å². The van der Waals surface area contributed by atoms with Crippen LogP contribution >= 0.6 is 11.8 Å². The van der Waals surface area contributed by atoms with Crippen LogP contribution in [0.4, 0.5) is 5.69 Å². The minimum absolute atomic E-state index is 0.0642. The van der Waals surface area contributed by atoms with Crippen LogP contribution in [0.3, 0.4) is 0 Å². The Morgan fingerprint density at radius 2 is 2.12 bits per heavy atom. The fourth-order valence-electron chi connectivity index (χ4n) is 2.12. The Morgan fingerprint density at radius 1 is 1.38 bits per heavy atom. The highest BCUT2D eigenvalue weighted by Crippen LogP contribution is 2.41. The highest BCUT2D eigenvalue weighted by Gasteiger charge is 2.35. The van der Waals surface area contributed by atoms with Crippen LogP contribution in [-0.4, -0.2) is 46.1 Å². The van der Waals surface area contributed by atoms with Gasteiger partial charge in [0.2, 0.25) is 0 Å². The van der Waals surface area contributed by atoms with E-state index in [4.69, 9.17) is 9.84 Å². The lowest BCUT2D eigenvalue weighted by Crippen LogP contribution is -2.33.